The summed E-state index contributed by atoms with van der Waals surface area (Å²) in [5.41, 5.74) is 3.77. The van der Waals surface area contributed by atoms with E-state index in [9.17, 15) is 14.4 Å². The van der Waals surface area contributed by atoms with Crippen LogP contribution in [0.1, 0.15) is 42.6 Å². The molecule has 1 aliphatic rings. The highest BCUT2D eigenvalue weighted by Gasteiger charge is 2.24. The summed E-state index contributed by atoms with van der Waals surface area (Å²) in [5, 5.41) is 5.64. The first kappa shape index (κ1) is 23.3. The molecule has 7 nitrogen and oxygen atoms in total. The number of rotatable bonds is 6. The second-order valence-corrected chi connectivity index (χ2v) is 10.5. The number of aromatic amines is 1. The first-order valence-electron chi connectivity index (χ1n) is 11.2. The topological polar surface area (TPSA) is 101 Å². The number of ketones is 1. The molecule has 0 aliphatic carbocycles. The van der Waals surface area contributed by atoms with Crippen LogP contribution in [0, 0.1) is 0 Å². The summed E-state index contributed by atoms with van der Waals surface area (Å²) in [4.78, 5) is 45.6. The van der Waals surface area contributed by atoms with E-state index in [1.54, 1.807) is 25.1 Å². The summed E-state index contributed by atoms with van der Waals surface area (Å²) in [5.74, 6) is 0.661. The van der Waals surface area contributed by atoms with Gasteiger partial charge in [0.2, 0.25) is 0 Å². The molecule has 35 heavy (non-hydrogen) atoms. The van der Waals surface area contributed by atoms with Crippen molar-refractivity contribution in [3.8, 4) is 16.9 Å². The van der Waals surface area contributed by atoms with Crippen molar-refractivity contribution >= 4 is 50.7 Å². The van der Waals surface area contributed by atoms with Gasteiger partial charge in [0, 0.05) is 16.5 Å². The number of hydrogen-bond acceptors (Lipinski definition) is 7. The minimum absolute atomic E-state index is 0.0906. The van der Waals surface area contributed by atoms with Crippen molar-refractivity contribution in [3.05, 3.63) is 69.3 Å². The van der Waals surface area contributed by atoms with Crippen molar-refractivity contribution in [1.82, 2.24) is 9.97 Å². The Morgan fingerprint density at radius 1 is 1.17 bits per heavy atom. The molecule has 1 atom stereocenters. The third kappa shape index (κ3) is 4.61. The van der Waals surface area contributed by atoms with Gasteiger partial charge in [0.15, 0.2) is 17.0 Å². The standard InChI is InChI=1S/C26H23N3O4S2/c1-13(2)15-4-6-16(7-5-15)18-11-34-25-22(18)24(32)28-26(29-25)35-12-20(30)17-8-9-21-19(10-17)27-23(31)14(3)33-21/h4-11,13-14H,12H2,1-3H3,(H,27,31)(H,28,29,32). The lowest BCUT2D eigenvalue weighted by Crippen LogP contribution is -2.34. The molecular weight excluding hydrogens is 482 g/mol. The van der Waals surface area contributed by atoms with Gasteiger partial charge in [-0.05, 0) is 42.2 Å². The number of hydrogen-bond donors (Lipinski definition) is 2. The van der Waals surface area contributed by atoms with Crippen LogP contribution < -0.4 is 15.6 Å². The van der Waals surface area contributed by atoms with Gasteiger partial charge in [-0.15, -0.1) is 11.3 Å². The Hall–Kier alpha value is -3.43. The van der Waals surface area contributed by atoms with E-state index in [-0.39, 0.29) is 23.0 Å². The van der Waals surface area contributed by atoms with Crippen molar-refractivity contribution in [2.45, 2.75) is 37.9 Å². The normalized spacial score (nSPS) is 15.1. The van der Waals surface area contributed by atoms with Gasteiger partial charge in [-0.25, -0.2) is 4.98 Å². The van der Waals surface area contributed by atoms with Gasteiger partial charge in [0.25, 0.3) is 11.5 Å². The average molecular weight is 506 g/mol. The number of thioether (sulfide) groups is 1. The van der Waals surface area contributed by atoms with Gasteiger partial charge in [-0.3, -0.25) is 14.4 Å². The lowest BCUT2D eigenvalue weighted by Gasteiger charge is -2.23. The van der Waals surface area contributed by atoms with Gasteiger partial charge >= 0.3 is 0 Å². The van der Waals surface area contributed by atoms with E-state index in [2.05, 4.69) is 41.3 Å². The number of ether oxygens (including phenoxy) is 1. The van der Waals surface area contributed by atoms with Crippen molar-refractivity contribution in [3.63, 3.8) is 0 Å². The van der Waals surface area contributed by atoms with Crippen LogP contribution in [0.2, 0.25) is 0 Å². The quantitative estimate of drug-likeness (QED) is 0.205. The fourth-order valence-corrected chi connectivity index (χ4v) is 5.62. The van der Waals surface area contributed by atoms with Gasteiger partial charge in [0.1, 0.15) is 10.6 Å². The van der Waals surface area contributed by atoms with Crippen LogP contribution in [-0.2, 0) is 4.79 Å². The number of H-pyrrole nitrogens is 1. The molecule has 3 heterocycles. The zero-order valence-electron chi connectivity index (χ0n) is 19.4. The summed E-state index contributed by atoms with van der Waals surface area (Å²) in [6.45, 7) is 5.95. The first-order valence-corrected chi connectivity index (χ1v) is 13.1. The molecule has 0 fully saturated rings. The maximum atomic E-state index is 12.9. The Bertz CT molecular complexity index is 1510. The Labute approximate surface area is 209 Å². The van der Waals surface area contributed by atoms with Gasteiger partial charge in [0.05, 0.1) is 16.8 Å². The highest BCUT2D eigenvalue weighted by atomic mass is 32.2. The zero-order chi connectivity index (χ0) is 24.7. The molecule has 0 spiro atoms. The minimum Gasteiger partial charge on any atom is -0.479 e. The Balaban J connectivity index is 1.33. The highest BCUT2D eigenvalue weighted by Crippen LogP contribution is 2.33. The molecule has 2 aromatic heterocycles. The Morgan fingerprint density at radius 2 is 1.94 bits per heavy atom. The van der Waals surface area contributed by atoms with Crippen molar-refractivity contribution < 1.29 is 14.3 Å². The van der Waals surface area contributed by atoms with Crippen LogP contribution >= 0.6 is 23.1 Å². The van der Waals surface area contributed by atoms with Crippen molar-refractivity contribution in [1.29, 1.82) is 0 Å². The number of fused-ring (bicyclic) bond motifs is 2. The van der Waals surface area contributed by atoms with Gasteiger partial charge in [-0.1, -0.05) is 49.9 Å². The number of thiophene rings is 1. The number of nitrogens with one attached hydrogen (secondary N) is 2. The molecule has 1 unspecified atom stereocenters. The molecule has 0 saturated carbocycles. The molecule has 0 saturated heterocycles. The number of aromatic nitrogens is 2. The predicted molar refractivity (Wildman–Crippen MR) is 140 cm³/mol. The van der Waals surface area contributed by atoms with E-state index in [0.29, 0.717) is 38.3 Å². The van der Waals surface area contributed by atoms with Crippen molar-refractivity contribution in [2.24, 2.45) is 0 Å². The summed E-state index contributed by atoms with van der Waals surface area (Å²) in [6.07, 6.45) is -0.574. The van der Waals surface area contributed by atoms with Gasteiger partial charge in [-0.2, -0.15) is 0 Å². The smallest absolute Gasteiger partial charge is 0.265 e. The number of anilines is 1. The SMILES string of the molecule is CC1Oc2ccc(C(=O)CSc3nc4scc(-c5ccc(C(C)C)cc5)c4c(=O)[nH]3)cc2NC1=O. The Kier molecular flexibility index (Phi) is 6.21. The lowest BCUT2D eigenvalue weighted by atomic mass is 9.99. The minimum atomic E-state index is -0.574. The second-order valence-electron chi connectivity index (χ2n) is 8.65. The third-order valence-electron chi connectivity index (χ3n) is 5.88. The van der Waals surface area contributed by atoms with Crippen LogP contribution in [0.15, 0.2) is 57.8 Å². The number of benzene rings is 2. The fourth-order valence-electron chi connectivity index (χ4n) is 3.86. The van der Waals surface area contributed by atoms with E-state index in [4.69, 9.17) is 4.74 Å². The highest BCUT2D eigenvalue weighted by molar-refractivity contribution is 7.99. The molecule has 178 valence electrons. The third-order valence-corrected chi connectivity index (χ3v) is 7.63. The maximum absolute atomic E-state index is 12.9. The molecule has 9 heteroatoms. The number of carbonyl (C=O) groups excluding carboxylic acids is 2. The summed E-state index contributed by atoms with van der Waals surface area (Å²) in [7, 11) is 0. The molecule has 2 N–H and O–H groups in total. The molecule has 0 bridgehead atoms. The maximum Gasteiger partial charge on any atom is 0.265 e. The van der Waals surface area contributed by atoms with Crippen LogP contribution in [0.25, 0.3) is 21.3 Å². The summed E-state index contributed by atoms with van der Waals surface area (Å²) < 4.78 is 5.54. The summed E-state index contributed by atoms with van der Waals surface area (Å²) >= 11 is 2.58. The Morgan fingerprint density at radius 3 is 2.69 bits per heavy atom. The predicted octanol–water partition coefficient (Wildman–Crippen LogP) is 5.47. The molecule has 5 rings (SSSR count). The number of carbonyl (C=O) groups is 2. The molecule has 0 radical (unpaired) electrons. The molecule has 1 amide bonds. The van der Waals surface area contributed by atoms with Crippen LogP contribution in [-0.4, -0.2) is 33.5 Å². The van der Waals surface area contributed by atoms with Crippen LogP contribution in [0.3, 0.4) is 0 Å². The van der Waals surface area contributed by atoms with Crippen molar-refractivity contribution in [2.75, 3.05) is 11.1 Å². The van der Waals surface area contributed by atoms with Gasteiger partial charge < -0.3 is 15.0 Å². The van der Waals surface area contributed by atoms with Crippen LogP contribution in [0.4, 0.5) is 5.69 Å². The number of amides is 1. The molecule has 4 aromatic rings. The van der Waals surface area contributed by atoms with E-state index in [1.165, 1.54) is 28.7 Å². The average Bonchev–Trinajstić information content (AvgIpc) is 3.27. The largest absolute Gasteiger partial charge is 0.479 e. The monoisotopic (exact) mass is 505 g/mol. The fraction of sp³-hybridized carbons (Fsp3) is 0.231. The summed E-state index contributed by atoms with van der Waals surface area (Å²) in [6, 6.07) is 13.2. The number of Topliss-reactive ketones (excluding diaryl/α,β-unsaturated/α-hetero) is 1. The number of nitrogens with zero attached hydrogens (tertiary/aromatic N) is 1. The van der Waals surface area contributed by atoms with E-state index in [0.717, 1.165) is 11.1 Å². The molecule has 1 aliphatic heterocycles. The van der Waals surface area contributed by atoms with E-state index < -0.39 is 6.10 Å². The molecule has 2 aromatic carbocycles. The second kappa shape index (κ2) is 9.31. The zero-order valence-corrected chi connectivity index (χ0v) is 21.0. The van der Waals surface area contributed by atoms with E-state index in [1.807, 2.05) is 17.5 Å². The van der Waals surface area contributed by atoms with E-state index >= 15 is 0 Å². The van der Waals surface area contributed by atoms with Crippen LogP contribution in [0.5, 0.6) is 5.75 Å². The molecular formula is C26H23N3O4S2. The lowest BCUT2D eigenvalue weighted by molar-refractivity contribution is -0.122. The first-order chi connectivity index (χ1) is 16.8.